The second-order valence-electron chi connectivity index (χ2n) is 15.2. The molecule has 0 amide bonds. The van der Waals surface area contributed by atoms with Crippen LogP contribution in [-0.4, -0.2) is 18.1 Å². The second-order valence-corrected chi connectivity index (χ2v) is 15.2. The van der Waals surface area contributed by atoms with Crippen molar-refractivity contribution >= 4 is 18.1 Å². The normalized spacial score (nSPS) is 30.2. The van der Waals surface area contributed by atoms with Crippen LogP contribution >= 0.6 is 0 Å². The molecule has 8 rings (SSSR count). The van der Waals surface area contributed by atoms with Crippen molar-refractivity contribution in [3.63, 3.8) is 0 Å². The van der Waals surface area contributed by atoms with Crippen molar-refractivity contribution in [1.29, 1.82) is 0 Å². The van der Waals surface area contributed by atoms with Gasteiger partial charge in [0.2, 0.25) is 0 Å². The molecule has 0 heterocycles. The first kappa shape index (κ1) is 34.8. The van der Waals surface area contributed by atoms with Crippen LogP contribution in [0.2, 0.25) is 0 Å². The third-order valence-electron chi connectivity index (χ3n) is 11.9. The van der Waals surface area contributed by atoms with Gasteiger partial charge < -0.3 is 9.47 Å². The highest BCUT2D eigenvalue weighted by Crippen LogP contribution is 2.60. The summed E-state index contributed by atoms with van der Waals surface area (Å²) in [6.45, 7) is 10.9. The highest BCUT2D eigenvalue weighted by molar-refractivity contribution is 5.80. The lowest BCUT2D eigenvalue weighted by Crippen LogP contribution is -2.51. The predicted molar refractivity (Wildman–Crippen MR) is 181 cm³/mol. The number of fused-ring (bicyclic) bond motifs is 2. The monoisotopic (exact) mass is 640 g/mol. The van der Waals surface area contributed by atoms with Gasteiger partial charge in [-0.15, -0.1) is 0 Å². The number of benzene rings is 2. The highest BCUT2D eigenvalue weighted by atomic mass is 16.5. The fourth-order valence-electron chi connectivity index (χ4n) is 9.24. The molecular formula is C41H52O6. The third-order valence-corrected chi connectivity index (χ3v) is 11.9. The van der Waals surface area contributed by atoms with Gasteiger partial charge in [0.25, 0.3) is 0 Å². The summed E-state index contributed by atoms with van der Waals surface area (Å²) in [5, 5.41) is 0. The fraction of sp³-hybridized carbons (Fsp3) is 0.585. The maximum Gasteiger partial charge on any atom is 0.373 e. The molecular weight excluding hydrogens is 588 g/mol. The summed E-state index contributed by atoms with van der Waals surface area (Å²) < 4.78 is 11.5. The van der Waals surface area contributed by atoms with E-state index in [1.54, 1.807) is 0 Å². The maximum absolute atomic E-state index is 13.1. The van der Waals surface area contributed by atoms with E-state index in [-0.39, 0.29) is 29.4 Å². The third kappa shape index (κ3) is 7.97. The van der Waals surface area contributed by atoms with Gasteiger partial charge in [0.05, 0.1) is 11.3 Å². The fourth-order valence-corrected chi connectivity index (χ4v) is 9.24. The molecule has 0 N–H and O–H groups in total. The molecule has 0 aromatic heterocycles. The quantitative estimate of drug-likeness (QED) is 0.162. The second kappa shape index (κ2) is 15.2. The minimum atomic E-state index is -0.170. The molecule has 5 unspecified atom stereocenters. The molecule has 2 aromatic carbocycles. The molecule has 5 saturated carbocycles. The van der Waals surface area contributed by atoms with Gasteiger partial charge in [0.1, 0.15) is 11.5 Å². The molecule has 5 fully saturated rings. The highest BCUT2D eigenvalue weighted by Gasteiger charge is 2.55. The average molecular weight is 641 g/mol. The zero-order valence-electron chi connectivity index (χ0n) is 28.8. The standard InChI is InChI=1S/C22H30O2.C18H22O2.CO2/c1-4-14(2)19-5-6-20(15(3)7-19)24-21(23)22-11-16-8-17(12-22)10-18(9-16)13-22;1-3-12(2)14-6-8-16(9-7-14)20-18(19)17-11-13-4-5-15(17)10-13;2-1-3/h5-7,14,16-18H,4,8-13H2,1-3H3;4-9,12-13,15,17H,3,10-11H2,1-2H3;. The van der Waals surface area contributed by atoms with Crippen molar-refractivity contribution < 1.29 is 28.7 Å². The summed E-state index contributed by atoms with van der Waals surface area (Å²) in [5.41, 5.74) is 3.56. The minimum absolute atomic E-state index is 0.0565. The molecule has 6 nitrogen and oxygen atoms in total. The Kier molecular flexibility index (Phi) is 11.2. The predicted octanol–water partition coefficient (Wildman–Crippen LogP) is 9.36. The topological polar surface area (TPSA) is 86.7 Å². The number of aryl methyl sites for hydroxylation is 1. The van der Waals surface area contributed by atoms with Gasteiger partial charge in [-0.1, -0.05) is 64.1 Å². The summed E-state index contributed by atoms with van der Waals surface area (Å²) in [7, 11) is 0. The van der Waals surface area contributed by atoms with Crippen molar-refractivity contribution in [2.75, 3.05) is 0 Å². The Morgan fingerprint density at radius 1 is 0.787 bits per heavy atom. The van der Waals surface area contributed by atoms with E-state index in [1.807, 2.05) is 18.2 Å². The van der Waals surface area contributed by atoms with E-state index in [0.717, 1.165) is 74.0 Å². The largest absolute Gasteiger partial charge is 0.426 e. The van der Waals surface area contributed by atoms with Gasteiger partial charge in [0.15, 0.2) is 0 Å². The summed E-state index contributed by atoms with van der Waals surface area (Å²) in [5.74, 6) is 5.95. The molecule has 47 heavy (non-hydrogen) atoms. The molecule has 0 saturated heterocycles. The number of carbonyl (C=O) groups is 2. The van der Waals surface area contributed by atoms with Crippen LogP contribution in [0.15, 0.2) is 54.6 Å². The first-order chi connectivity index (χ1) is 22.6. The van der Waals surface area contributed by atoms with Crippen LogP contribution in [0.5, 0.6) is 11.5 Å². The molecule has 6 bridgehead atoms. The Labute approximate surface area is 280 Å². The number of carbonyl (C=O) groups excluding carboxylic acids is 4. The van der Waals surface area contributed by atoms with Crippen LogP contribution < -0.4 is 9.47 Å². The van der Waals surface area contributed by atoms with Gasteiger partial charge in [-0.3, -0.25) is 9.59 Å². The van der Waals surface area contributed by atoms with Crippen LogP contribution in [0.1, 0.15) is 120 Å². The van der Waals surface area contributed by atoms with E-state index >= 15 is 0 Å². The van der Waals surface area contributed by atoms with Gasteiger partial charge >= 0.3 is 18.1 Å². The molecule has 5 atom stereocenters. The summed E-state index contributed by atoms with van der Waals surface area (Å²) in [6, 6.07) is 14.3. The van der Waals surface area contributed by atoms with Crippen LogP contribution in [-0.2, 0) is 19.2 Å². The molecule has 2 aromatic rings. The van der Waals surface area contributed by atoms with Crippen molar-refractivity contribution in [2.45, 2.75) is 111 Å². The first-order valence-corrected chi connectivity index (χ1v) is 17.9. The van der Waals surface area contributed by atoms with Crippen molar-refractivity contribution in [1.82, 2.24) is 0 Å². The minimum Gasteiger partial charge on any atom is -0.426 e. The summed E-state index contributed by atoms with van der Waals surface area (Å²) in [4.78, 5) is 41.5. The Hall–Kier alpha value is -3.50. The van der Waals surface area contributed by atoms with Gasteiger partial charge in [-0.25, -0.2) is 0 Å². The van der Waals surface area contributed by atoms with Crippen molar-refractivity contribution in [3.05, 3.63) is 71.3 Å². The van der Waals surface area contributed by atoms with E-state index in [0.29, 0.717) is 29.4 Å². The Morgan fingerprint density at radius 3 is 1.83 bits per heavy atom. The average Bonchev–Trinajstić information content (AvgIpc) is 3.70. The van der Waals surface area contributed by atoms with E-state index < -0.39 is 0 Å². The zero-order valence-corrected chi connectivity index (χ0v) is 28.8. The molecule has 0 spiro atoms. The zero-order chi connectivity index (χ0) is 33.7. The molecule has 6 heteroatoms. The van der Waals surface area contributed by atoms with Crippen molar-refractivity contribution in [2.24, 2.45) is 40.9 Å². The number of allylic oxidation sites excluding steroid dienone is 2. The van der Waals surface area contributed by atoms with E-state index in [4.69, 9.17) is 19.1 Å². The van der Waals surface area contributed by atoms with Crippen LogP contribution in [0.4, 0.5) is 0 Å². The van der Waals surface area contributed by atoms with Crippen LogP contribution in [0.3, 0.4) is 0 Å². The molecule has 0 radical (unpaired) electrons. The number of hydrogen-bond donors (Lipinski definition) is 0. The summed E-state index contributed by atoms with van der Waals surface area (Å²) >= 11 is 0. The number of ether oxygens (including phenoxy) is 2. The molecule has 252 valence electrons. The van der Waals surface area contributed by atoms with E-state index in [2.05, 4.69) is 71.0 Å². The molecule has 0 aliphatic heterocycles. The lowest BCUT2D eigenvalue weighted by Gasteiger charge is -2.55. The lowest BCUT2D eigenvalue weighted by atomic mass is 9.49. The molecule has 6 aliphatic carbocycles. The summed E-state index contributed by atoms with van der Waals surface area (Å²) in [6.07, 6.45) is 16.3. The lowest BCUT2D eigenvalue weighted by molar-refractivity contribution is -0.191. The first-order valence-electron chi connectivity index (χ1n) is 17.9. The maximum atomic E-state index is 13.1. The van der Waals surface area contributed by atoms with Gasteiger partial charge in [-0.2, -0.15) is 9.59 Å². The molecule has 6 aliphatic rings. The Morgan fingerprint density at radius 2 is 1.34 bits per heavy atom. The number of esters is 2. The number of rotatable bonds is 8. The van der Waals surface area contributed by atoms with E-state index in [1.165, 1.54) is 30.4 Å². The Balaban J connectivity index is 0.000000173. The Bertz CT molecular complexity index is 1430. The van der Waals surface area contributed by atoms with Gasteiger partial charge in [0, 0.05) is 0 Å². The van der Waals surface area contributed by atoms with E-state index in [9.17, 15) is 9.59 Å². The SMILES string of the molecule is CCC(C)c1ccc(OC(=O)C23CC4CC(CC(C4)C2)C3)c(C)c1.CCC(C)c1ccc(OC(=O)C2CC3C=CC2C3)cc1.O=C=O. The number of hydrogen-bond acceptors (Lipinski definition) is 6. The van der Waals surface area contributed by atoms with Gasteiger partial charge in [-0.05, 0) is 147 Å². The van der Waals surface area contributed by atoms with Crippen LogP contribution in [0.25, 0.3) is 0 Å². The van der Waals surface area contributed by atoms with Crippen LogP contribution in [0, 0.1) is 47.8 Å². The smallest absolute Gasteiger partial charge is 0.373 e. The van der Waals surface area contributed by atoms with Crippen molar-refractivity contribution in [3.8, 4) is 11.5 Å².